The van der Waals surface area contributed by atoms with E-state index in [1.165, 1.54) is 26.2 Å². The van der Waals surface area contributed by atoms with Crippen LogP contribution >= 0.6 is 12.4 Å². The monoisotopic (exact) mass is 561 g/mol. The van der Waals surface area contributed by atoms with Crippen LogP contribution in [0.5, 0.6) is 17.2 Å². The summed E-state index contributed by atoms with van der Waals surface area (Å²) in [7, 11) is 0. The molecule has 3 aromatic carbocycles. The summed E-state index contributed by atoms with van der Waals surface area (Å²) in [5.41, 5.74) is 5.72. The number of ketones is 1. The number of piperidine rings is 1. The van der Waals surface area contributed by atoms with Crippen molar-refractivity contribution in [1.29, 1.82) is 0 Å². The number of rotatable bonds is 9. The molecular weight excluding hydrogens is 526 g/mol. The lowest BCUT2D eigenvalue weighted by atomic mass is 9.84. The van der Waals surface area contributed by atoms with Gasteiger partial charge in [-0.15, -0.1) is 12.4 Å². The van der Waals surface area contributed by atoms with Gasteiger partial charge in [0.1, 0.15) is 36.2 Å². The number of carbonyl (C=O) groups excluding carboxylic acids is 2. The number of benzene rings is 3. The van der Waals surface area contributed by atoms with Crippen LogP contribution in [0.2, 0.25) is 0 Å². The van der Waals surface area contributed by atoms with Crippen LogP contribution in [0.1, 0.15) is 55.4 Å². The van der Waals surface area contributed by atoms with Crippen LogP contribution in [0, 0.1) is 0 Å². The topological polar surface area (TPSA) is 65.1 Å². The van der Waals surface area contributed by atoms with Gasteiger partial charge in [-0.25, -0.2) is 0 Å². The van der Waals surface area contributed by atoms with E-state index in [0.717, 1.165) is 58.8 Å². The van der Waals surface area contributed by atoms with E-state index in [1.807, 2.05) is 30.3 Å². The number of hydrogen-bond donors (Lipinski definition) is 0. The van der Waals surface area contributed by atoms with Gasteiger partial charge >= 0.3 is 5.97 Å². The van der Waals surface area contributed by atoms with Crippen LogP contribution in [-0.4, -0.2) is 49.5 Å². The van der Waals surface area contributed by atoms with Gasteiger partial charge in [0, 0.05) is 42.7 Å². The first-order chi connectivity index (χ1) is 19.0. The molecule has 2 aliphatic heterocycles. The highest BCUT2D eigenvalue weighted by atomic mass is 35.5. The molecule has 40 heavy (non-hydrogen) atoms. The summed E-state index contributed by atoms with van der Waals surface area (Å²) in [5.74, 6) is 1.40. The standard InChI is InChI=1S/C33H35NO5.ClH/c1-23(35)19-27-20-29(39-24(2)36)21-31-33(27)32(30(22-38-31)25-9-5-3-6-10-25)26-11-13-28(14-12-26)37-18-17-34-15-7-4-8-16-34;/h3,5-6,9-14,20-21H,4,7-8,15-19,22H2,1-2H3;1H. The molecule has 0 spiro atoms. The van der Waals surface area contributed by atoms with E-state index in [-0.39, 0.29) is 24.6 Å². The Morgan fingerprint density at radius 1 is 0.875 bits per heavy atom. The summed E-state index contributed by atoms with van der Waals surface area (Å²) in [5, 5.41) is 0. The molecule has 1 saturated heterocycles. The summed E-state index contributed by atoms with van der Waals surface area (Å²) in [6, 6.07) is 21.8. The fraction of sp³-hybridized carbons (Fsp3) is 0.333. The molecule has 1 fully saturated rings. The van der Waals surface area contributed by atoms with Gasteiger partial charge in [-0.1, -0.05) is 48.9 Å². The van der Waals surface area contributed by atoms with Crippen molar-refractivity contribution in [2.45, 2.75) is 39.5 Å². The molecular formula is C33H36ClNO5. The van der Waals surface area contributed by atoms with Crippen LogP contribution in [0.3, 0.4) is 0 Å². The number of fused-ring (bicyclic) bond motifs is 1. The Labute approximate surface area is 242 Å². The fourth-order valence-electron chi connectivity index (χ4n) is 5.43. The van der Waals surface area contributed by atoms with Gasteiger partial charge < -0.3 is 14.2 Å². The second-order valence-electron chi connectivity index (χ2n) is 10.2. The molecule has 0 amide bonds. The van der Waals surface area contributed by atoms with Crippen LogP contribution in [0.15, 0.2) is 66.7 Å². The minimum absolute atomic E-state index is 0. The molecule has 0 aromatic heterocycles. The largest absolute Gasteiger partial charge is 0.492 e. The SMILES string of the molecule is CC(=O)Cc1cc(OC(C)=O)cc2c1C(c1ccc(OCCN3CCCCC3)cc1)=C(c1ccccc1)CO2.Cl. The summed E-state index contributed by atoms with van der Waals surface area (Å²) in [6.45, 7) is 7.18. The highest BCUT2D eigenvalue weighted by Crippen LogP contribution is 2.45. The predicted octanol–water partition coefficient (Wildman–Crippen LogP) is 6.38. The molecule has 2 aliphatic rings. The quantitative estimate of drug-likeness (QED) is 0.223. The van der Waals surface area contributed by atoms with Crippen molar-refractivity contribution in [2.24, 2.45) is 0 Å². The molecule has 2 heterocycles. The maximum atomic E-state index is 12.3. The van der Waals surface area contributed by atoms with Gasteiger partial charge in [0.2, 0.25) is 0 Å². The first-order valence-corrected chi connectivity index (χ1v) is 13.7. The zero-order valence-corrected chi connectivity index (χ0v) is 23.9. The molecule has 6 nitrogen and oxygen atoms in total. The van der Waals surface area contributed by atoms with E-state index in [0.29, 0.717) is 24.7 Å². The average molecular weight is 562 g/mol. The molecule has 210 valence electrons. The van der Waals surface area contributed by atoms with E-state index in [1.54, 1.807) is 19.1 Å². The summed E-state index contributed by atoms with van der Waals surface area (Å²) < 4.78 is 17.7. The third kappa shape index (κ3) is 7.12. The fourth-order valence-corrected chi connectivity index (χ4v) is 5.43. The van der Waals surface area contributed by atoms with Crippen LogP contribution in [-0.2, 0) is 16.0 Å². The normalized spacial score (nSPS) is 14.9. The predicted molar refractivity (Wildman–Crippen MR) is 159 cm³/mol. The molecule has 0 radical (unpaired) electrons. The Morgan fingerprint density at radius 3 is 2.27 bits per heavy atom. The maximum Gasteiger partial charge on any atom is 0.308 e. The van der Waals surface area contributed by atoms with Crippen molar-refractivity contribution in [1.82, 2.24) is 4.90 Å². The number of carbonyl (C=O) groups is 2. The summed E-state index contributed by atoms with van der Waals surface area (Å²) in [4.78, 5) is 26.4. The molecule has 0 N–H and O–H groups in total. The minimum Gasteiger partial charge on any atom is -0.492 e. The summed E-state index contributed by atoms with van der Waals surface area (Å²) in [6.07, 6.45) is 4.07. The van der Waals surface area contributed by atoms with Gasteiger partial charge in [0.25, 0.3) is 0 Å². The maximum absolute atomic E-state index is 12.3. The van der Waals surface area contributed by atoms with Crippen molar-refractivity contribution in [3.05, 3.63) is 89.0 Å². The third-order valence-corrected chi connectivity index (χ3v) is 7.17. The van der Waals surface area contributed by atoms with E-state index in [9.17, 15) is 9.59 Å². The van der Waals surface area contributed by atoms with Crippen molar-refractivity contribution >= 4 is 35.3 Å². The van der Waals surface area contributed by atoms with Crippen molar-refractivity contribution < 1.29 is 23.8 Å². The number of hydrogen-bond acceptors (Lipinski definition) is 6. The van der Waals surface area contributed by atoms with Gasteiger partial charge in [0.15, 0.2) is 0 Å². The van der Waals surface area contributed by atoms with E-state index < -0.39 is 5.97 Å². The van der Waals surface area contributed by atoms with Crippen molar-refractivity contribution in [2.75, 3.05) is 32.8 Å². The summed E-state index contributed by atoms with van der Waals surface area (Å²) >= 11 is 0. The molecule has 3 aromatic rings. The Hall–Kier alpha value is -3.61. The van der Waals surface area contributed by atoms with E-state index in [2.05, 4.69) is 29.2 Å². The lowest BCUT2D eigenvalue weighted by Gasteiger charge is -2.28. The van der Waals surface area contributed by atoms with Gasteiger partial charge in [-0.3, -0.25) is 14.5 Å². The number of nitrogens with zero attached hydrogens (tertiary/aromatic N) is 1. The zero-order valence-electron chi connectivity index (χ0n) is 23.1. The molecule has 5 rings (SSSR count). The van der Waals surface area contributed by atoms with E-state index in [4.69, 9.17) is 14.2 Å². The Morgan fingerprint density at radius 2 is 1.60 bits per heavy atom. The molecule has 0 aliphatic carbocycles. The van der Waals surface area contributed by atoms with E-state index >= 15 is 0 Å². The van der Waals surface area contributed by atoms with Crippen LogP contribution in [0.25, 0.3) is 11.1 Å². The Balaban J connectivity index is 0.00000370. The zero-order chi connectivity index (χ0) is 27.2. The third-order valence-electron chi connectivity index (χ3n) is 7.17. The second kappa shape index (κ2) is 13.6. The number of ether oxygens (including phenoxy) is 3. The molecule has 0 atom stereocenters. The number of Topliss-reactive ketones (excluding diaryl/α,β-unsaturated/α-hetero) is 1. The average Bonchev–Trinajstić information content (AvgIpc) is 2.93. The minimum atomic E-state index is -0.420. The van der Waals surface area contributed by atoms with Crippen LogP contribution < -0.4 is 14.2 Å². The highest BCUT2D eigenvalue weighted by molar-refractivity contribution is 6.03. The highest BCUT2D eigenvalue weighted by Gasteiger charge is 2.27. The molecule has 0 bridgehead atoms. The molecule has 0 saturated carbocycles. The van der Waals surface area contributed by atoms with Crippen molar-refractivity contribution in [3.8, 4) is 17.2 Å². The smallest absolute Gasteiger partial charge is 0.308 e. The number of esters is 1. The first-order valence-electron chi connectivity index (χ1n) is 13.7. The molecule has 7 heteroatoms. The van der Waals surface area contributed by atoms with Crippen molar-refractivity contribution in [3.63, 3.8) is 0 Å². The number of halogens is 1. The van der Waals surface area contributed by atoms with Gasteiger partial charge in [-0.2, -0.15) is 0 Å². The lowest BCUT2D eigenvalue weighted by molar-refractivity contribution is -0.131. The Kier molecular flexibility index (Phi) is 10.0. The Bertz CT molecular complexity index is 1360. The van der Waals surface area contributed by atoms with Gasteiger partial charge in [0.05, 0.1) is 0 Å². The number of likely N-dealkylation sites (tertiary alicyclic amines) is 1. The first kappa shape index (κ1) is 29.4. The van der Waals surface area contributed by atoms with Crippen LogP contribution in [0.4, 0.5) is 0 Å². The second-order valence-corrected chi connectivity index (χ2v) is 10.2. The van der Waals surface area contributed by atoms with Gasteiger partial charge in [-0.05, 0) is 67.7 Å². The lowest BCUT2D eigenvalue weighted by Crippen LogP contribution is -2.33. The molecule has 0 unspecified atom stereocenters.